The molecule has 0 spiro atoms. The monoisotopic (exact) mass is 254 g/mol. The Morgan fingerprint density at radius 3 is 2.88 bits per heavy atom. The molecule has 0 unspecified atom stereocenters. The van der Waals surface area contributed by atoms with Gasteiger partial charge in [-0.2, -0.15) is 0 Å². The standard InChI is InChI=1S/C12H15ClN2O2/c13-9-1-3-11(4-2-9)17-8-12(16)15-10-5-6-14-7-10/h1-4,10,14H,5-8H2,(H,15,16)/t10-/m0/s1. The van der Waals surface area contributed by atoms with E-state index in [1.807, 2.05) is 0 Å². The topological polar surface area (TPSA) is 50.4 Å². The molecule has 1 atom stereocenters. The third kappa shape index (κ3) is 3.91. The minimum absolute atomic E-state index is 0.0398. The molecule has 4 nitrogen and oxygen atoms in total. The van der Waals surface area contributed by atoms with Crippen molar-refractivity contribution in [3.63, 3.8) is 0 Å². The van der Waals surface area contributed by atoms with Gasteiger partial charge in [-0.1, -0.05) is 11.6 Å². The third-order valence-electron chi connectivity index (χ3n) is 2.61. The van der Waals surface area contributed by atoms with Crippen molar-refractivity contribution in [2.24, 2.45) is 0 Å². The van der Waals surface area contributed by atoms with Gasteiger partial charge in [0.1, 0.15) is 5.75 Å². The number of hydrogen-bond donors (Lipinski definition) is 2. The smallest absolute Gasteiger partial charge is 0.258 e. The predicted octanol–water partition coefficient (Wildman–Crippen LogP) is 1.20. The number of rotatable bonds is 4. The molecule has 0 saturated carbocycles. The summed E-state index contributed by atoms with van der Waals surface area (Å²) in [4.78, 5) is 11.5. The molecule has 1 saturated heterocycles. The molecule has 1 aromatic rings. The van der Waals surface area contributed by atoms with Crippen molar-refractivity contribution in [1.82, 2.24) is 10.6 Å². The Balaban J connectivity index is 1.73. The number of benzene rings is 1. The number of carbonyl (C=O) groups excluding carboxylic acids is 1. The summed E-state index contributed by atoms with van der Waals surface area (Å²) in [7, 11) is 0. The first-order valence-corrected chi connectivity index (χ1v) is 6.00. The lowest BCUT2D eigenvalue weighted by Crippen LogP contribution is -2.39. The number of hydrogen-bond acceptors (Lipinski definition) is 3. The van der Waals surface area contributed by atoms with Crippen LogP contribution in [-0.2, 0) is 4.79 Å². The lowest BCUT2D eigenvalue weighted by molar-refractivity contribution is -0.123. The zero-order chi connectivity index (χ0) is 12.1. The number of carbonyl (C=O) groups is 1. The van der Waals surface area contributed by atoms with Crippen LogP contribution in [0.1, 0.15) is 6.42 Å². The van der Waals surface area contributed by atoms with Crippen molar-refractivity contribution in [3.8, 4) is 5.75 Å². The number of halogens is 1. The van der Waals surface area contributed by atoms with Crippen molar-refractivity contribution in [1.29, 1.82) is 0 Å². The largest absolute Gasteiger partial charge is 0.484 e. The van der Waals surface area contributed by atoms with Crippen LogP contribution < -0.4 is 15.4 Å². The molecule has 0 bridgehead atoms. The Bertz CT molecular complexity index is 375. The predicted molar refractivity (Wildman–Crippen MR) is 66.4 cm³/mol. The van der Waals surface area contributed by atoms with Crippen LogP contribution >= 0.6 is 11.6 Å². The molecule has 2 rings (SSSR count). The Hall–Kier alpha value is -1.26. The van der Waals surface area contributed by atoms with Crippen molar-refractivity contribution >= 4 is 17.5 Å². The van der Waals surface area contributed by atoms with E-state index in [4.69, 9.17) is 16.3 Å². The number of amides is 1. The average molecular weight is 255 g/mol. The second-order valence-electron chi connectivity index (χ2n) is 4.00. The normalized spacial score (nSPS) is 19.0. The van der Waals surface area contributed by atoms with Gasteiger partial charge < -0.3 is 15.4 Å². The van der Waals surface area contributed by atoms with Gasteiger partial charge in [-0.05, 0) is 37.2 Å². The zero-order valence-electron chi connectivity index (χ0n) is 9.41. The molecular weight excluding hydrogens is 240 g/mol. The van der Waals surface area contributed by atoms with Crippen molar-refractivity contribution < 1.29 is 9.53 Å². The van der Waals surface area contributed by atoms with E-state index in [1.165, 1.54) is 0 Å². The van der Waals surface area contributed by atoms with Gasteiger partial charge in [0.15, 0.2) is 6.61 Å². The molecule has 0 radical (unpaired) electrons. The molecule has 1 heterocycles. The molecule has 5 heteroatoms. The second kappa shape index (κ2) is 5.89. The summed E-state index contributed by atoms with van der Waals surface area (Å²) in [5, 5.41) is 6.75. The Kier molecular flexibility index (Phi) is 4.23. The fourth-order valence-corrected chi connectivity index (χ4v) is 1.85. The summed E-state index contributed by atoms with van der Waals surface area (Å²) in [5.74, 6) is 0.558. The summed E-state index contributed by atoms with van der Waals surface area (Å²) in [6, 6.07) is 7.18. The highest BCUT2D eigenvalue weighted by molar-refractivity contribution is 6.30. The highest BCUT2D eigenvalue weighted by Crippen LogP contribution is 2.15. The van der Waals surface area contributed by atoms with Gasteiger partial charge in [0.05, 0.1) is 0 Å². The molecule has 1 fully saturated rings. The van der Waals surface area contributed by atoms with Crippen LogP contribution in [0.5, 0.6) is 5.75 Å². The summed E-state index contributed by atoms with van der Waals surface area (Å²) in [6.45, 7) is 1.84. The Morgan fingerprint density at radius 1 is 1.47 bits per heavy atom. The molecule has 1 amide bonds. The molecule has 17 heavy (non-hydrogen) atoms. The first-order valence-electron chi connectivity index (χ1n) is 5.62. The number of nitrogens with one attached hydrogen (secondary N) is 2. The van der Waals surface area contributed by atoms with Crippen LogP contribution in [0.2, 0.25) is 5.02 Å². The van der Waals surface area contributed by atoms with E-state index in [0.717, 1.165) is 19.5 Å². The van der Waals surface area contributed by atoms with Crippen LogP contribution in [0.25, 0.3) is 0 Å². The highest BCUT2D eigenvalue weighted by Gasteiger charge is 2.16. The lowest BCUT2D eigenvalue weighted by atomic mass is 10.2. The third-order valence-corrected chi connectivity index (χ3v) is 2.86. The first-order chi connectivity index (χ1) is 8.24. The van der Waals surface area contributed by atoms with Crippen molar-refractivity contribution in [2.45, 2.75) is 12.5 Å². The maximum Gasteiger partial charge on any atom is 0.258 e. The van der Waals surface area contributed by atoms with E-state index in [0.29, 0.717) is 10.8 Å². The first kappa shape index (κ1) is 12.2. The Morgan fingerprint density at radius 2 is 2.24 bits per heavy atom. The molecule has 1 aliphatic heterocycles. The average Bonchev–Trinajstić information content (AvgIpc) is 2.81. The van der Waals surface area contributed by atoms with Gasteiger partial charge in [0, 0.05) is 17.6 Å². The van der Waals surface area contributed by atoms with Crippen molar-refractivity contribution in [2.75, 3.05) is 19.7 Å². The molecular formula is C12H15ClN2O2. The Labute approximate surface area is 105 Å². The van der Waals surface area contributed by atoms with Crippen LogP contribution in [0.3, 0.4) is 0 Å². The lowest BCUT2D eigenvalue weighted by Gasteiger charge is -2.11. The minimum atomic E-state index is -0.0892. The van der Waals surface area contributed by atoms with Gasteiger partial charge in [-0.15, -0.1) is 0 Å². The van der Waals surface area contributed by atoms with Crippen LogP contribution in [0.4, 0.5) is 0 Å². The summed E-state index contributed by atoms with van der Waals surface area (Å²) < 4.78 is 5.34. The summed E-state index contributed by atoms with van der Waals surface area (Å²) >= 11 is 5.75. The van der Waals surface area contributed by atoms with E-state index in [9.17, 15) is 4.79 Å². The van der Waals surface area contributed by atoms with Crippen LogP contribution in [0.15, 0.2) is 24.3 Å². The maximum atomic E-state index is 11.5. The SMILES string of the molecule is O=C(COc1ccc(Cl)cc1)N[C@H]1CCNC1. The maximum absolute atomic E-state index is 11.5. The minimum Gasteiger partial charge on any atom is -0.484 e. The molecule has 1 aromatic carbocycles. The van der Waals surface area contributed by atoms with E-state index >= 15 is 0 Å². The van der Waals surface area contributed by atoms with E-state index in [2.05, 4.69) is 10.6 Å². The van der Waals surface area contributed by atoms with Crippen LogP contribution in [0, 0.1) is 0 Å². The van der Waals surface area contributed by atoms with Gasteiger partial charge in [-0.3, -0.25) is 4.79 Å². The van der Waals surface area contributed by atoms with Gasteiger partial charge >= 0.3 is 0 Å². The second-order valence-corrected chi connectivity index (χ2v) is 4.44. The van der Waals surface area contributed by atoms with E-state index < -0.39 is 0 Å². The molecule has 0 aliphatic carbocycles. The summed E-state index contributed by atoms with van der Waals surface area (Å²) in [5.41, 5.74) is 0. The van der Waals surface area contributed by atoms with Gasteiger partial charge in [-0.25, -0.2) is 0 Å². The van der Waals surface area contributed by atoms with Crippen molar-refractivity contribution in [3.05, 3.63) is 29.3 Å². The fourth-order valence-electron chi connectivity index (χ4n) is 1.73. The van der Waals surface area contributed by atoms with E-state index in [-0.39, 0.29) is 18.6 Å². The van der Waals surface area contributed by atoms with Crippen LogP contribution in [-0.4, -0.2) is 31.6 Å². The highest BCUT2D eigenvalue weighted by atomic mass is 35.5. The quantitative estimate of drug-likeness (QED) is 0.849. The summed E-state index contributed by atoms with van der Waals surface area (Å²) in [6.07, 6.45) is 0.979. The fraction of sp³-hybridized carbons (Fsp3) is 0.417. The number of ether oxygens (including phenoxy) is 1. The van der Waals surface area contributed by atoms with Gasteiger partial charge in [0.2, 0.25) is 0 Å². The van der Waals surface area contributed by atoms with E-state index in [1.54, 1.807) is 24.3 Å². The molecule has 1 aliphatic rings. The molecule has 0 aromatic heterocycles. The zero-order valence-corrected chi connectivity index (χ0v) is 10.2. The van der Waals surface area contributed by atoms with Gasteiger partial charge in [0.25, 0.3) is 5.91 Å². The molecule has 2 N–H and O–H groups in total. The molecule has 92 valence electrons.